The number of hydrogen-bond donors (Lipinski definition) is 0. The van der Waals surface area contributed by atoms with Crippen molar-refractivity contribution >= 4 is 6.08 Å². The molecule has 1 nitrogen and oxygen atoms in total. The quantitative estimate of drug-likeness (QED) is 0.699. The Kier molecular flexibility index (Phi) is 7.27. The minimum atomic E-state index is 0. The van der Waals surface area contributed by atoms with Gasteiger partial charge in [-0.15, -0.1) is 5.76 Å². The minimum absolute atomic E-state index is 0. The van der Waals surface area contributed by atoms with Crippen molar-refractivity contribution in [1.82, 2.24) is 0 Å². The van der Waals surface area contributed by atoms with Gasteiger partial charge in [0.15, 0.2) is 0 Å². The van der Waals surface area contributed by atoms with Gasteiger partial charge in [0.05, 0.1) is 0 Å². The Hall–Kier alpha value is 0.0319. The molecule has 0 radical (unpaired) electrons. The summed E-state index contributed by atoms with van der Waals surface area (Å²) in [4.78, 5) is 0. The van der Waals surface area contributed by atoms with E-state index in [1.54, 1.807) is 6.08 Å². The topological polar surface area (TPSA) is 23.1 Å². The predicted octanol–water partition coefficient (Wildman–Crippen LogP) is -0.365. The third-order valence-corrected chi connectivity index (χ3v) is 2.35. The second-order valence-electron chi connectivity index (χ2n) is 3.68. The molecule has 0 amide bonds. The van der Waals surface area contributed by atoms with Gasteiger partial charge >= 0.3 is 68.9 Å². The van der Waals surface area contributed by atoms with E-state index in [1.807, 2.05) is 60.7 Å². The van der Waals surface area contributed by atoms with E-state index in [2.05, 4.69) is 0 Å². The first-order valence-electron chi connectivity index (χ1n) is 5.31. The molecule has 0 unspecified atom stereocenters. The van der Waals surface area contributed by atoms with Crippen molar-refractivity contribution in [3.63, 3.8) is 0 Å². The maximum Gasteiger partial charge on any atom is 1.00 e. The molecule has 80 valence electrons. The third kappa shape index (κ3) is 5.47. The maximum absolute atomic E-state index is 11.7. The number of rotatable bonds is 3. The molecule has 2 rings (SSSR count). The molecule has 2 aromatic rings. The molecule has 0 atom stereocenters. The van der Waals surface area contributed by atoms with E-state index in [9.17, 15) is 5.11 Å². The van der Waals surface area contributed by atoms with Crippen LogP contribution in [0.1, 0.15) is 11.1 Å². The van der Waals surface area contributed by atoms with Crippen LogP contribution in [0.5, 0.6) is 0 Å². The molecule has 0 heterocycles. The van der Waals surface area contributed by atoms with Gasteiger partial charge in [0.1, 0.15) is 0 Å². The number of benzene rings is 2. The van der Waals surface area contributed by atoms with E-state index in [1.165, 1.54) is 0 Å². The van der Waals surface area contributed by atoms with E-state index in [0.717, 1.165) is 11.1 Å². The van der Waals surface area contributed by atoms with Crippen molar-refractivity contribution in [2.45, 2.75) is 6.42 Å². The summed E-state index contributed by atoms with van der Waals surface area (Å²) in [6.07, 6.45) is 2.16. The van der Waals surface area contributed by atoms with Crippen molar-refractivity contribution < 1.29 is 74.0 Å². The monoisotopic (exact) mass is 342 g/mol. The standard InChI is InChI=1S/C15H14O.Cs/c16-15(11-13-7-3-1-4-8-13)12-14-9-5-2-6-10-14;/h1-11,16H,12H2;/q;+1/p-1/b15-11-;. The predicted molar refractivity (Wildman–Crippen MR) is 64.6 cm³/mol. The molecule has 0 spiro atoms. The fourth-order valence-electron chi connectivity index (χ4n) is 1.58. The second-order valence-corrected chi connectivity index (χ2v) is 3.68. The van der Waals surface area contributed by atoms with Gasteiger partial charge in [-0.1, -0.05) is 66.7 Å². The fraction of sp³-hybridized carbons (Fsp3) is 0.0667. The Morgan fingerprint density at radius 3 is 2.00 bits per heavy atom. The zero-order valence-electron chi connectivity index (χ0n) is 9.97. The van der Waals surface area contributed by atoms with Crippen LogP contribution in [0, 0.1) is 0 Å². The van der Waals surface area contributed by atoms with Gasteiger partial charge in [0, 0.05) is 0 Å². The first-order chi connectivity index (χ1) is 7.84. The molecule has 0 aliphatic carbocycles. The normalized spacial score (nSPS) is 10.7. The molecular weight excluding hydrogens is 329 g/mol. The molecular formula is C15H13CsO. The Labute approximate surface area is 161 Å². The smallest absolute Gasteiger partial charge is 0.875 e. The largest absolute Gasteiger partial charge is 1.00 e. The minimum Gasteiger partial charge on any atom is -0.875 e. The van der Waals surface area contributed by atoms with E-state index >= 15 is 0 Å². The van der Waals surface area contributed by atoms with E-state index in [4.69, 9.17) is 0 Å². The van der Waals surface area contributed by atoms with Gasteiger partial charge in [0.25, 0.3) is 0 Å². The molecule has 17 heavy (non-hydrogen) atoms. The first kappa shape index (κ1) is 15.1. The van der Waals surface area contributed by atoms with E-state index < -0.39 is 0 Å². The van der Waals surface area contributed by atoms with Crippen LogP contribution in [-0.4, -0.2) is 0 Å². The van der Waals surface area contributed by atoms with Crippen LogP contribution < -0.4 is 74.0 Å². The van der Waals surface area contributed by atoms with Crippen LogP contribution in [-0.2, 0) is 6.42 Å². The summed E-state index contributed by atoms with van der Waals surface area (Å²) < 4.78 is 0. The molecule has 0 fully saturated rings. The maximum atomic E-state index is 11.7. The Morgan fingerprint density at radius 1 is 0.882 bits per heavy atom. The Balaban J connectivity index is 0.00000144. The summed E-state index contributed by atoms with van der Waals surface area (Å²) in [5, 5.41) is 11.7. The molecule has 0 aromatic heterocycles. The first-order valence-corrected chi connectivity index (χ1v) is 5.31. The molecule has 2 heteroatoms. The zero-order chi connectivity index (χ0) is 11.2. The van der Waals surface area contributed by atoms with Crippen LogP contribution in [0.2, 0.25) is 0 Å². The zero-order valence-corrected chi connectivity index (χ0v) is 16.2. The van der Waals surface area contributed by atoms with E-state index in [-0.39, 0.29) is 74.7 Å². The fourth-order valence-corrected chi connectivity index (χ4v) is 1.58. The van der Waals surface area contributed by atoms with Gasteiger partial charge in [-0.25, -0.2) is 0 Å². The molecule has 0 aliphatic heterocycles. The number of allylic oxidation sites excluding steroid dienone is 1. The summed E-state index contributed by atoms with van der Waals surface area (Å²) in [6, 6.07) is 19.5. The van der Waals surface area contributed by atoms with Gasteiger partial charge in [-0.2, -0.15) is 0 Å². The third-order valence-electron chi connectivity index (χ3n) is 2.35. The molecule has 0 aliphatic rings. The Morgan fingerprint density at radius 2 is 1.41 bits per heavy atom. The van der Waals surface area contributed by atoms with Crippen molar-refractivity contribution in [1.29, 1.82) is 0 Å². The Bertz CT molecular complexity index is 463. The van der Waals surface area contributed by atoms with Gasteiger partial charge < -0.3 is 5.11 Å². The summed E-state index contributed by atoms with van der Waals surface area (Å²) in [5.74, 6) is 0.136. The van der Waals surface area contributed by atoms with Gasteiger partial charge in [-0.05, 0) is 17.5 Å². The van der Waals surface area contributed by atoms with Gasteiger partial charge in [0.2, 0.25) is 0 Å². The van der Waals surface area contributed by atoms with Crippen molar-refractivity contribution in [3.8, 4) is 0 Å². The average molecular weight is 342 g/mol. The van der Waals surface area contributed by atoms with Crippen LogP contribution in [0.25, 0.3) is 6.08 Å². The van der Waals surface area contributed by atoms with Crippen molar-refractivity contribution in [3.05, 3.63) is 77.5 Å². The van der Waals surface area contributed by atoms with Crippen LogP contribution >= 0.6 is 0 Å². The van der Waals surface area contributed by atoms with Crippen molar-refractivity contribution in [2.75, 3.05) is 0 Å². The SMILES string of the molecule is [Cs+].[O-]/C(=C\c1ccccc1)Cc1ccccc1. The summed E-state index contributed by atoms with van der Waals surface area (Å²) in [6.45, 7) is 0. The molecule has 0 N–H and O–H groups in total. The molecule has 0 saturated carbocycles. The van der Waals surface area contributed by atoms with E-state index in [0.29, 0.717) is 6.42 Å². The van der Waals surface area contributed by atoms with Crippen molar-refractivity contribution in [2.24, 2.45) is 0 Å². The summed E-state index contributed by atoms with van der Waals surface area (Å²) in [5.41, 5.74) is 2.02. The molecule has 0 bridgehead atoms. The molecule has 0 saturated heterocycles. The summed E-state index contributed by atoms with van der Waals surface area (Å²) in [7, 11) is 0. The summed E-state index contributed by atoms with van der Waals surface area (Å²) >= 11 is 0. The second kappa shape index (κ2) is 8.19. The van der Waals surface area contributed by atoms with Crippen LogP contribution in [0.4, 0.5) is 0 Å². The average Bonchev–Trinajstić information content (AvgIpc) is 2.31. The molecule has 2 aromatic carbocycles. The van der Waals surface area contributed by atoms with Crippen LogP contribution in [0.3, 0.4) is 0 Å². The van der Waals surface area contributed by atoms with Crippen LogP contribution in [0.15, 0.2) is 66.4 Å². The van der Waals surface area contributed by atoms with Gasteiger partial charge in [-0.3, -0.25) is 0 Å². The number of hydrogen-bond acceptors (Lipinski definition) is 1.